The predicted molar refractivity (Wildman–Crippen MR) is 87.6 cm³/mol. The molecule has 1 fully saturated rings. The normalized spacial score (nSPS) is 16.8. The third-order valence-electron chi connectivity index (χ3n) is 4.12. The highest BCUT2D eigenvalue weighted by molar-refractivity contribution is 5.81. The summed E-state index contributed by atoms with van der Waals surface area (Å²) in [6.45, 7) is 1.05. The first-order valence-electron chi connectivity index (χ1n) is 7.71. The number of nitrogens with one attached hydrogen (secondary N) is 1. The SMILES string of the molecule is N#Cc1ccc(NCC(=O)N2CCCC2c2ccncc2)cc1. The van der Waals surface area contributed by atoms with Crippen molar-refractivity contribution in [3.05, 3.63) is 59.9 Å². The molecule has 0 bridgehead atoms. The number of aromatic nitrogens is 1. The van der Waals surface area contributed by atoms with Gasteiger partial charge in [-0.1, -0.05) is 0 Å². The molecule has 1 aliphatic rings. The van der Waals surface area contributed by atoms with Gasteiger partial charge in [-0.25, -0.2) is 0 Å². The Labute approximate surface area is 135 Å². The number of rotatable bonds is 4. The molecule has 5 nitrogen and oxygen atoms in total. The largest absolute Gasteiger partial charge is 0.376 e. The molecule has 1 aliphatic heterocycles. The fraction of sp³-hybridized carbons (Fsp3) is 0.278. The van der Waals surface area contributed by atoms with E-state index in [1.54, 1.807) is 24.5 Å². The summed E-state index contributed by atoms with van der Waals surface area (Å²) in [5.74, 6) is 0.0914. The summed E-state index contributed by atoms with van der Waals surface area (Å²) in [6, 6.07) is 13.3. The Morgan fingerprint density at radius 3 is 2.70 bits per heavy atom. The molecule has 1 amide bonds. The van der Waals surface area contributed by atoms with Gasteiger partial charge in [0.2, 0.25) is 5.91 Å². The topological polar surface area (TPSA) is 69.0 Å². The van der Waals surface area contributed by atoms with E-state index in [-0.39, 0.29) is 18.5 Å². The Morgan fingerprint density at radius 2 is 2.00 bits per heavy atom. The van der Waals surface area contributed by atoms with Crippen LogP contribution in [0.4, 0.5) is 5.69 Å². The molecule has 1 unspecified atom stereocenters. The van der Waals surface area contributed by atoms with Gasteiger partial charge in [-0.15, -0.1) is 0 Å². The number of carbonyl (C=O) groups is 1. The van der Waals surface area contributed by atoms with Crippen molar-refractivity contribution >= 4 is 11.6 Å². The van der Waals surface area contributed by atoms with Crippen LogP contribution in [-0.4, -0.2) is 28.9 Å². The number of hydrogen-bond donors (Lipinski definition) is 1. The second-order valence-corrected chi connectivity index (χ2v) is 5.57. The highest BCUT2D eigenvalue weighted by Crippen LogP contribution is 2.31. The number of nitrogens with zero attached hydrogens (tertiary/aromatic N) is 3. The van der Waals surface area contributed by atoms with Crippen LogP contribution in [-0.2, 0) is 4.79 Å². The first-order chi connectivity index (χ1) is 11.3. The quantitative estimate of drug-likeness (QED) is 0.943. The molecule has 2 heterocycles. The van der Waals surface area contributed by atoms with E-state index in [0.29, 0.717) is 5.56 Å². The Kier molecular flexibility index (Phi) is 4.53. The van der Waals surface area contributed by atoms with Crippen molar-refractivity contribution in [3.8, 4) is 6.07 Å². The summed E-state index contributed by atoms with van der Waals surface area (Å²) in [4.78, 5) is 18.5. The van der Waals surface area contributed by atoms with Crippen molar-refractivity contribution in [2.45, 2.75) is 18.9 Å². The van der Waals surface area contributed by atoms with Gasteiger partial charge in [0.1, 0.15) is 0 Å². The lowest BCUT2D eigenvalue weighted by Gasteiger charge is -2.25. The maximum atomic E-state index is 12.5. The minimum absolute atomic E-state index is 0.0914. The van der Waals surface area contributed by atoms with Crippen molar-refractivity contribution in [2.75, 3.05) is 18.4 Å². The minimum atomic E-state index is 0.0914. The van der Waals surface area contributed by atoms with Gasteiger partial charge in [0.25, 0.3) is 0 Å². The van der Waals surface area contributed by atoms with Gasteiger partial charge in [0.15, 0.2) is 0 Å². The van der Waals surface area contributed by atoms with Gasteiger partial charge in [0, 0.05) is 24.6 Å². The van der Waals surface area contributed by atoms with Gasteiger partial charge in [-0.05, 0) is 54.8 Å². The standard InChI is InChI=1S/C18H18N4O/c19-12-14-3-5-16(6-4-14)21-13-18(23)22-11-1-2-17(22)15-7-9-20-10-8-15/h3-10,17,21H,1-2,11,13H2. The molecule has 23 heavy (non-hydrogen) atoms. The Morgan fingerprint density at radius 1 is 1.26 bits per heavy atom. The molecule has 1 aromatic carbocycles. The van der Waals surface area contributed by atoms with E-state index in [2.05, 4.69) is 16.4 Å². The van der Waals surface area contributed by atoms with Gasteiger partial charge >= 0.3 is 0 Å². The molecule has 0 saturated carbocycles. The van der Waals surface area contributed by atoms with Crippen LogP contribution in [0.2, 0.25) is 0 Å². The molecule has 116 valence electrons. The summed E-state index contributed by atoms with van der Waals surface area (Å²) < 4.78 is 0. The summed E-state index contributed by atoms with van der Waals surface area (Å²) >= 11 is 0. The Bertz CT molecular complexity index is 706. The smallest absolute Gasteiger partial charge is 0.242 e. The third kappa shape index (κ3) is 3.49. The minimum Gasteiger partial charge on any atom is -0.376 e. The first-order valence-corrected chi connectivity index (χ1v) is 7.71. The van der Waals surface area contributed by atoms with E-state index in [1.165, 1.54) is 0 Å². The van der Waals surface area contributed by atoms with E-state index < -0.39 is 0 Å². The van der Waals surface area contributed by atoms with Gasteiger partial charge in [-0.3, -0.25) is 9.78 Å². The summed E-state index contributed by atoms with van der Waals surface area (Å²) in [5.41, 5.74) is 2.60. The van der Waals surface area contributed by atoms with E-state index in [0.717, 1.165) is 30.6 Å². The first kappa shape index (κ1) is 15.0. The number of hydrogen-bond acceptors (Lipinski definition) is 4. The lowest BCUT2D eigenvalue weighted by molar-refractivity contribution is -0.130. The molecule has 0 aliphatic carbocycles. The van der Waals surface area contributed by atoms with Crippen LogP contribution in [0.3, 0.4) is 0 Å². The molecule has 0 spiro atoms. The lowest BCUT2D eigenvalue weighted by atomic mass is 10.1. The second-order valence-electron chi connectivity index (χ2n) is 5.57. The molecule has 1 atom stereocenters. The highest BCUT2D eigenvalue weighted by atomic mass is 16.2. The van der Waals surface area contributed by atoms with E-state index in [4.69, 9.17) is 5.26 Å². The van der Waals surface area contributed by atoms with Crippen molar-refractivity contribution in [2.24, 2.45) is 0 Å². The molecular formula is C18H18N4O. The van der Waals surface area contributed by atoms with Crippen molar-refractivity contribution in [3.63, 3.8) is 0 Å². The summed E-state index contributed by atoms with van der Waals surface area (Å²) in [6.07, 6.45) is 5.55. The zero-order chi connectivity index (χ0) is 16.1. The molecule has 1 aromatic heterocycles. The van der Waals surface area contributed by atoms with Gasteiger partial charge in [0.05, 0.1) is 24.2 Å². The molecular weight excluding hydrogens is 288 g/mol. The van der Waals surface area contributed by atoms with Gasteiger partial charge in [-0.2, -0.15) is 5.26 Å². The van der Waals surface area contributed by atoms with Crippen LogP contribution in [0.25, 0.3) is 0 Å². The fourth-order valence-corrected chi connectivity index (χ4v) is 2.94. The Balaban J connectivity index is 1.62. The van der Waals surface area contributed by atoms with Crippen molar-refractivity contribution in [1.29, 1.82) is 5.26 Å². The monoisotopic (exact) mass is 306 g/mol. The molecule has 1 saturated heterocycles. The van der Waals surface area contributed by atoms with Crippen LogP contribution in [0.15, 0.2) is 48.8 Å². The molecule has 1 N–H and O–H groups in total. The maximum Gasteiger partial charge on any atom is 0.242 e. The van der Waals surface area contributed by atoms with Crippen LogP contribution in [0.1, 0.15) is 30.0 Å². The van der Waals surface area contributed by atoms with E-state index in [1.807, 2.05) is 29.2 Å². The molecule has 0 radical (unpaired) electrons. The maximum absolute atomic E-state index is 12.5. The fourth-order valence-electron chi connectivity index (χ4n) is 2.94. The number of anilines is 1. The second kappa shape index (κ2) is 6.93. The van der Waals surface area contributed by atoms with Crippen LogP contribution >= 0.6 is 0 Å². The molecule has 5 heteroatoms. The average Bonchev–Trinajstić information content (AvgIpc) is 3.11. The number of pyridine rings is 1. The highest BCUT2D eigenvalue weighted by Gasteiger charge is 2.29. The third-order valence-corrected chi connectivity index (χ3v) is 4.12. The average molecular weight is 306 g/mol. The Hall–Kier alpha value is -2.87. The molecule has 3 rings (SSSR count). The van der Waals surface area contributed by atoms with Crippen LogP contribution in [0.5, 0.6) is 0 Å². The van der Waals surface area contributed by atoms with Gasteiger partial charge < -0.3 is 10.2 Å². The van der Waals surface area contributed by atoms with E-state index in [9.17, 15) is 4.79 Å². The number of amides is 1. The lowest BCUT2D eigenvalue weighted by Crippen LogP contribution is -2.35. The van der Waals surface area contributed by atoms with Crippen LogP contribution < -0.4 is 5.32 Å². The van der Waals surface area contributed by atoms with Crippen LogP contribution in [0, 0.1) is 11.3 Å². The van der Waals surface area contributed by atoms with Crippen molar-refractivity contribution in [1.82, 2.24) is 9.88 Å². The number of likely N-dealkylation sites (tertiary alicyclic amines) is 1. The predicted octanol–water partition coefficient (Wildman–Crippen LogP) is 2.73. The number of benzene rings is 1. The van der Waals surface area contributed by atoms with Crippen molar-refractivity contribution < 1.29 is 4.79 Å². The number of carbonyl (C=O) groups excluding carboxylic acids is 1. The van der Waals surface area contributed by atoms with E-state index >= 15 is 0 Å². The zero-order valence-corrected chi connectivity index (χ0v) is 12.8. The number of nitriles is 1. The summed E-state index contributed by atoms with van der Waals surface area (Å²) in [5, 5.41) is 11.9. The zero-order valence-electron chi connectivity index (χ0n) is 12.8. The molecule has 2 aromatic rings. The summed E-state index contributed by atoms with van der Waals surface area (Å²) in [7, 11) is 0.